The van der Waals surface area contributed by atoms with E-state index in [1.54, 1.807) is 16.6 Å². The van der Waals surface area contributed by atoms with Gasteiger partial charge in [-0.15, -0.1) is 0 Å². The molecule has 1 saturated carbocycles. The van der Waals surface area contributed by atoms with Crippen LogP contribution < -0.4 is 4.90 Å². The molecule has 24 heavy (non-hydrogen) atoms. The van der Waals surface area contributed by atoms with Gasteiger partial charge in [0.15, 0.2) is 11.6 Å². The molecule has 0 bridgehead atoms. The molecule has 1 atom stereocenters. The van der Waals surface area contributed by atoms with Crippen molar-refractivity contribution in [2.24, 2.45) is 0 Å². The number of ether oxygens (including phenoxy) is 1. The van der Waals surface area contributed by atoms with Gasteiger partial charge in [-0.2, -0.15) is 4.31 Å². The lowest BCUT2D eigenvalue weighted by atomic mass is 9.91. The number of anilines is 1. The van der Waals surface area contributed by atoms with Gasteiger partial charge in [-0.1, -0.05) is 0 Å². The normalized spacial score (nSPS) is 29.1. The summed E-state index contributed by atoms with van der Waals surface area (Å²) in [6.45, 7) is 2.34. The zero-order valence-corrected chi connectivity index (χ0v) is 14.3. The second-order valence-corrected chi connectivity index (χ2v) is 9.16. The van der Waals surface area contributed by atoms with Gasteiger partial charge in [0.1, 0.15) is 0 Å². The molecular weight excluding hydrogens is 333 g/mol. The minimum atomic E-state index is -3.21. The smallest absolute Gasteiger partial charge is 0.217 e. The Bertz CT molecular complexity index is 721. The van der Waals surface area contributed by atoms with E-state index in [4.69, 9.17) is 4.74 Å². The summed E-state index contributed by atoms with van der Waals surface area (Å²) >= 11 is 0. The Kier molecular flexibility index (Phi) is 4.01. The van der Waals surface area contributed by atoms with Crippen LogP contribution in [0.2, 0.25) is 0 Å². The summed E-state index contributed by atoms with van der Waals surface area (Å²) in [5.74, 6) is -0.0323. The number of hydrogen-bond donors (Lipinski definition) is 0. The van der Waals surface area contributed by atoms with Crippen molar-refractivity contribution in [2.75, 3.05) is 37.7 Å². The lowest BCUT2D eigenvalue weighted by Crippen LogP contribution is -2.61. The van der Waals surface area contributed by atoms with Crippen LogP contribution in [0.15, 0.2) is 18.3 Å². The fourth-order valence-corrected chi connectivity index (χ4v) is 5.64. The van der Waals surface area contributed by atoms with Crippen LogP contribution in [0.1, 0.15) is 25.7 Å². The number of sulfonamides is 1. The summed E-state index contributed by atoms with van der Waals surface area (Å²) in [6, 6.07) is 2.97. The minimum Gasteiger partial charge on any atom is -0.370 e. The van der Waals surface area contributed by atoms with Crippen molar-refractivity contribution < 1.29 is 17.5 Å². The fraction of sp³-hybridized carbons (Fsp3) is 0.688. The molecule has 1 aromatic rings. The molecule has 2 aliphatic heterocycles. The van der Waals surface area contributed by atoms with E-state index in [1.165, 1.54) is 6.07 Å². The van der Waals surface area contributed by atoms with Gasteiger partial charge in [-0.25, -0.2) is 17.8 Å². The third kappa shape index (κ3) is 2.91. The molecule has 2 saturated heterocycles. The number of pyridine rings is 1. The van der Waals surface area contributed by atoms with Crippen LogP contribution in [0.3, 0.4) is 0 Å². The maximum absolute atomic E-state index is 14.1. The fourth-order valence-electron chi connectivity index (χ4n) is 3.74. The molecule has 1 spiro atoms. The van der Waals surface area contributed by atoms with Crippen molar-refractivity contribution in [2.45, 2.75) is 36.5 Å². The lowest BCUT2D eigenvalue weighted by Gasteiger charge is -2.47. The van der Waals surface area contributed by atoms with E-state index < -0.39 is 15.6 Å². The van der Waals surface area contributed by atoms with Crippen LogP contribution in [0, 0.1) is 5.82 Å². The molecular formula is C16H22FN3O3S. The van der Waals surface area contributed by atoms with Crippen LogP contribution in [-0.4, -0.2) is 61.3 Å². The van der Waals surface area contributed by atoms with Gasteiger partial charge in [-0.05, 0) is 37.8 Å². The Labute approximate surface area is 141 Å². The van der Waals surface area contributed by atoms with Crippen molar-refractivity contribution in [3.63, 3.8) is 0 Å². The van der Waals surface area contributed by atoms with Crippen LogP contribution in [0.4, 0.5) is 10.2 Å². The summed E-state index contributed by atoms with van der Waals surface area (Å²) in [7, 11) is -3.21. The number of rotatable bonds is 3. The quantitative estimate of drug-likeness (QED) is 0.820. The third-order valence-electron chi connectivity index (χ3n) is 5.10. The predicted octanol–water partition coefficient (Wildman–Crippen LogP) is 1.38. The highest BCUT2D eigenvalue weighted by molar-refractivity contribution is 7.90. The predicted molar refractivity (Wildman–Crippen MR) is 87.8 cm³/mol. The summed E-state index contributed by atoms with van der Waals surface area (Å²) < 4.78 is 46.8. The van der Waals surface area contributed by atoms with Crippen LogP contribution >= 0.6 is 0 Å². The molecule has 3 fully saturated rings. The molecule has 4 rings (SSSR count). The highest BCUT2D eigenvalue weighted by Gasteiger charge is 2.47. The zero-order chi connectivity index (χ0) is 16.8. The van der Waals surface area contributed by atoms with Gasteiger partial charge in [0.2, 0.25) is 10.0 Å². The van der Waals surface area contributed by atoms with Crippen molar-refractivity contribution in [1.29, 1.82) is 0 Å². The minimum absolute atomic E-state index is 0.208. The summed E-state index contributed by atoms with van der Waals surface area (Å²) in [5.41, 5.74) is -0.567. The molecule has 6 nitrogen and oxygen atoms in total. The molecule has 0 amide bonds. The maximum Gasteiger partial charge on any atom is 0.217 e. The van der Waals surface area contributed by atoms with Crippen LogP contribution in [0.5, 0.6) is 0 Å². The molecule has 0 unspecified atom stereocenters. The molecule has 0 aromatic carbocycles. The first-order chi connectivity index (χ1) is 11.5. The maximum atomic E-state index is 14.1. The lowest BCUT2D eigenvalue weighted by molar-refractivity contribution is -0.0951. The summed E-state index contributed by atoms with van der Waals surface area (Å²) in [5, 5.41) is -0.208. The highest BCUT2D eigenvalue weighted by Crippen LogP contribution is 2.36. The first-order valence-corrected chi connectivity index (χ1v) is 9.99. The van der Waals surface area contributed by atoms with Gasteiger partial charge >= 0.3 is 0 Å². The Morgan fingerprint density at radius 1 is 1.29 bits per heavy atom. The Balaban J connectivity index is 1.55. The largest absolute Gasteiger partial charge is 0.370 e. The number of piperidine rings is 1. The molecule has 3 aliphatic rings. The van der Waals surface area contributed by atoms with E-state index >= 15 is 0 Å². The first-order valence-electron chi connectivity index (χ1n) is 8.49. The van der Waals surface area contributed by atoms with Crippen molar-refractivity contribution >= 4 is 15.8 Å². The van der Waals surface area contributed by atoms with Crippen molar-refractivity contribution in [1.82, 2.24) is 9.29 Å². The van der Waals surface area contributed by atoms with Crippen LogP contribution in [-0.2, 0) is 14.8 Å². The Hall–Kier alpha value is -1.25. The average Bonchev–Trinajstić information content (AvgIpc) is 3.41. The molecule has 1 aliphatic carbocycles. The SMILES string of the molecule is O=S(=O)(C1CC1)N1CCO[C@]2(CCCN(c3ncccc3F)C2)C1. The third-order valence-corrected chi connectivity index (χ3v) is 7.44. The second kappa shape index (κ2) is 5.93. The molecule has 0 N–H and O–H groups in total. The van der Waals surface area contributed by atoms with Gasteiger partial charge in [-0.3, -0.25) is 0 Å². The highest BCUT2D eigenvalue weighted by atomic mass is 32.2. The second-order valence-electron chi connectivity index (χ2n) is 6.94. The number of nitrogens with zero attached hydrogens (tertiary/aromatic N) is 3. The van der Waals surface area contributed by atoms with Gasteiger partial charge in [0, 0.05) is 32.4 Å². The molecule has 132 valence electrons. The monoisotopic (exact) mass is 355 g/mol. The summed E-state index contributed by atoms with van der Waals surface area (Å²) in [6.07, 6.45) is 4.71. The molecule has 8 heteroatoms. The Morgan fingerprint density at radius 2 is 2.12 bits per heavy atom. The van der Waals surface area contributed by atoms with E-state index in [-0.39, 0.29) is 11.1 Å². The first kappa shape index (κ1) is 16.2. The van der Waals surface area contributed by atoms with E-state index in [1.807, 2.05) is 4.90 Å². The van der Waals surface area contributed by atoms with E-state index in [0.717, 1.165) is 25.7 Å². The molecule has 0 radical (unpaired) electrons. The molecule has 3 heterocycles. The van der Waals surface area contributed by atoms with E-state index in [2.05, 4.69) is 4.98 Å². The molecule has 1 aromatic heterocycles. The zero-order valence-electron chi connectivity index (χ0n) is 13.5. The topological polar surface area (TPSA) is 62.7 Å². The van der Waals surface area contributed by atoms with Gasteiger partial charge in [0.25, 0.3) is 0 Å². The standard InChI is InChI=1S/C16H22FN3O3S/c17-14-3-1-7-18-15(14)19-8-2-6-16(11-19)12-20(9-10-23-16)24(21,22)13-4-5-13/h1,3,7,13H,2,4-6,8-12H2/t16-/m0/s1. The summed E-state index contributed by atoms with van der Waals surface area (Å²) in [4.78, 5) is 6.03. The number of aromatic nitrogens is 1. The van der Waals surface area contributed by atoms with E-state index in [9.17, 15) is 12.8 Å². The van der Waals surface area contributed by atoms with E-state index in [0.29, 0.717) is 38.6 Å². The van der Waals surface area contributed by atoms with Crippen molar-refractivity contribution in [3.8, 4) is 0 Å². The van der Waals surface area contributed by atoms with Gasteiger partial charge < -0.3 is 9.64 Å². The Morgan fingerprint density at radius 3 is 2.88 bits per heavy atom. The van der Waals surface area contributed by atoms with Crippen LogP contribution in [0.25, 0.3) is 0 Å². The number of morpholine rings is 1. The van der Waals surface area contributed by atoms with Gasteiger partial charge in [0.05, 0.1) is 17.5 Å². The average molecular weight is 355 g/mol. The number of halogens is 1. The van der Waals surface area contributed by atoms with Crippen molar-refractivity contribution in [3.05, 3.63) is 24.1 Å². The number of hydrogen-bond acceptors (Lipinski definition) is 5.